The van der Waals surface area contributed by atoms with Crippen LogP contribution in [0.4, 0.5) is 0 Å². The van der Waals surface area contributed by atoms with Crippen LogP contribution in [0.5, 0.6) is 0 Å². The van der Waals surface area contributed by atoms with E-state index in [1.54, 1.807) is 5.16 Å². The molecule has 0 atom stereocenters. The molecule has 0 bridgehead atoms. The van der Waals surface area contributed by atoms with Crippen molar-refractivity contribution in [2.75, 3.05) is 0 Å². The van der Waals surface area contributed by atoms with E-state index in [1.165, 1.54) is 26.3 Å². The predicted octanol–water partition coefficient (Wildman–Crippen LogP) is 5.47. The summed E-state index contributed by atoms with van der Waals surface area (Å²) in [5, 5.41) is 7.46. The molecular weight excluding hydrogens is 516 g/mol. The van der Waals surface area contributed by atoms with Gasteiger partial charge in [-0.1, -0.05) is 161 Å². The number of rotatable bonds is 7. The first-order chi connectivity index (χ1) is 17.1. The second-order valence-electron chi connectivity index (χ2n) is 9.46. The predicted molar refractivity (Wildman–Crippen MR) is 156 cm³/mol. The van der Waals surface area contributed by atoms with Crippen LogP contribution < -0.4 is 20.7 Å². The summed E-state index contributed by atoms with van der Waals surface area (Å²) in [6.45, 7) is 5.13. The zero-order valence-electron chi connectivity index (χ0n) is 20.7. The Morgan fingerprint density at radius 2 is 0.583 bits per heavy atom. The van der Waals surface area contributed by atoms with Crippen molar-refractivity contribution in [3.8, 4) is 0 Å². The number of benzene rings is 5. The Morgan fingerprint density at radius 3 is 0.833 bits per heavy atom. The van der Waals surface area contributed by atoms with E-state index >= 15 is 0 Å². The van der Waals surface area contributed by atoms with Gasteiger partial charge in [-0.3, -0.25) is 0 Å². The summed E-state index contributed by atoms with van der Waals surface area (Å²) in [5.41, 5.74) is 1.37. The Hall–Kier alpha value is -3.08. The van der Waals surface area contributed by atoms with Crippen molar-refractivity contribution in [1.29, 1.82) is 0 Å². The molecule has 5 rings (SSSR count). The molecule has 5 aromatic carbocycles. The fraction of sp³-hybridized carbons (Fsp3) is 0.0606. The van der Waals surface area contributed by atoms with Gasteiger partial charge in [0.15, 0.2) is 0 Å². The summed E-state index contributed by atoms with van der Waals surface area (Å²) in [6.07, 6.45) is 0. The summed E-state index contributed by atoms with van der Waals surface area (Å²) in [4.78, 5) is 0. The zero-order valence-corrected chi connectivity index (χ0v) is 23.7. The van der Waals surface area contributed by atoms with Gasteiger partial charge in [0.25, 0.3) is 0 Å². The summed E-state index contributed by atoms with van der Waals surface area (Å²) in [5.74, 6) is 0. The first-order valence-corrected chi connectivity index (χ1v) is 17.3. The van der Waals surface area contributed by atoms with E-state index in [2.05, 4.69) is 165 Å². The fourth-order valence-corrected chi connectivity index (χ4v) is 18.2. The second-order valence-corrected chi connectivity index (χ2v) is 17.8. The Balaban J connectivity index is 0.00000304. The molecule has 0 aliphatic rings. The van der Waals surface area contributed by atoms with Crippen molar-refractivity contribution in [2.45, 2.75) is 13.1 Å². The van der Waals surface area contributed by atoms with E-state index in [-0.39, 0.29) is 17.1 Å². The van der Waals surface area contributed by atoms with Crippen molar-refractivity contribution in [1.82, 2.24) is 0 Å². The van der Waals surface area contributed by atoms with E-state index in [9.17, 15) is 0 Å². The van der Waals surface area contributed by atoms with Gasteiger partial charge in [0.05, 0.1) is 16.1 Å². The van der Waals surface area contributed by atoms with Gasteiger partial charge in [0, 0.05) is 0 Å². The topological polar surface area (TPSA) is 0 Å². The van der Waals surface area contributed by atoms with Crippen LogP contribution in [0, 0.1) is 5.16 Å². The van der Waals surface area contributed by atoms with Gasteiger partial charge >= 0.3 is 17.1 Å². The molecule has 0 aromatic heterocycles. The Kier molecular flexibility index (Phi) is 8.18. The second kappa shape index (κ2) is 11.3. The average molecular weight is 547 g/mol. The third kappa shape index (κ3) is 4.68. The minimum Gasteiger partial charge on any atom is -0.191 e. The van der Waals surface area contributed by atoms with Crippen LogP contribution in [0.3, 0.4) is 0 Å². The monoisotopic (exact) mass is 546 g/mol. The number of hydrogen-bond donors (Lipinski definition) is 0. The van der Waals surface area contributed by atoms with Crippen LogP contribution in [0.25, 0.3) is 0 Å². The molecule has 0 saturated carbocycles. The molecular formula is C33H31CuSi2. The van der Waals surface area contributed by atoms with Crippen LogP contribution in [-0.2, 0) is 17.1 Å². The molecule has 0 aliphatic carbocycles. The minimum absolute atomic E-state index is 0. The van der Waals surface area contributed by atoms with Gasteiger partial charge < -0.3 is 0 Å². The smallest absolute Gasteiger partial charge is 0.191 e. The van der Waals surface area contributed by atoms with E-state index in [1.807, 2.05) is 0 Å². The standard InChI is InChI=1S/C33H31Si2.Cu/c1-34(29-20-10-4-11-21-29,30-22-12-5-13-23-30)33(28-18-8-3-9-19-28)35(2,31-24-14-6-15-25-31)32-26-16-7-17-27-32;/h3-27H,1-2H3;/q-1;+1. The van der Waals surface area contributed by atoms with Crippen molar-refractivity contribution < 1.29 is 17.1 Å². The summed E-state index contributed by atoms with van der Waals surface area (Å²) < 4.78 is 0. The Labute approximate surface area is 228 Å². The van der Waals surface area contributed by atoms with Crippen LogP contribution in [0.2, 0.25) is 13.1 Å². The first-order valence-electron chi connectivity index (χ1n) is 12.3. The molecule has 0 fully saturated rings. The Morgan fingerprint density at radius 1 is 0.361 bits per heavy atom. The normalized spacial score (nSPS) is 11.4. The largest absolute Gasteiger partial charge is 1.00 e. The quantitative estimate of drug-likeness (QED) is 0.187. The molecule has 0 N–H and O–H groups in total. The zero-order chi connectivity index (χ0) is 24.1. The van der Waals surface area contributed by atoms with E-state index in [4.69, 9.17) is 0 Å². The van der Waals surface area contributed by atoms with Crippen molar-refractivity contribution in [3.05, 3.63) is 162 Å². The van der Waals surface area contributed by atoms with Gasteiger partial charge in [-0.05, 0) is 0 Å². The maximum atomic E-state index is 2.57. The van der Waals surface area contributed by atoms with Gasteiger partial charge in [0.2, 0.25) is 0 Å². The SMILES string of the molecule is C[Si](c1ccccc1)(c1ccccc1)[C-](c1ccccc1)[Si](C)(c1ccccc1)c1ccccc1.[Cu+]. The number of hydrogen-bond acceptors (Lipinski definition) is 0. The molecule has 3 heteroatoms. The van der Waals surface area contributed by atoms with Crippen molar-refractivity contribution >= 4 is 36.9 Å². The Bertz CT molecular complexity index is 1170. The molecule has 0 spiro atoms. The third-order valence-electron chi connectivity index (χ3n) is 7.47. The van der Waals surface area contributed by atoms with E-state index < -0.39 is 16.1 Å². The maximum absolute atomic E-state index is 2.57. The molecule has 0 amide bonds. The van der Waals surface area contributed by atoms with Gasteiger partial charge in [0.1, 0.15) is 0 Å². The molecule has 36 heavy (non-hydrogen) atoms. The van der Waals surface area contributed by atoms with Gasteiger partial charge in [-0.2, -0.15) is 22.9 Å². The average Bonchev–Trinajstić information content (AvgIpc) is 2.95. The molecule has 0 heterocycles. The van der Waals surface area contributed by atoms with E-state index in [0.717, 1.165) is 0 Å². The van der Waals surface area contributed by atoms with Crippen molar-refractivity contribution in [3.63, 3.8) is 0 Å². The van der Waals surface area contributed by atoms with Crippen LogP contribution in [0.15, 0.2) is 152 Å². The molecule has 0 unspecified atom stereocenters. The fourth-order valence-electron chi connectivity index (χ4n) is 5.68. The van der Waals surface area contributed by atoms with Crippen LogP contribution >= 0.6 is 0 Å². The third-order valence-corrected chi connectivity index (χ3v) is 19.0. The molecule has 5 aromatic rings. The van der Waals surface area contributed by atoms with Gasteiger partial charge in [-0.25, -0.2) is 0 Å². The summed E-state index contributed by atoms with van der Waals surface area (Å²) in [6, 6.07) is 56.2. The molecule has 0 saturated heterocycles. The van der Waals surface area contributed by atoms with E-state index in [0.29, 0.717) is 0 Å². The maximum Gasteiger partial charge on any atom is 1.00 e. The van der Waals surface area contributed by atoms with Crippen molar-refractivity contribution in [2.24, 2.45) is 0 Å². The first kappa shape index (κ1) is 26.0. The molecule has 0 aliphatic heterocycles. The minimum atomic E-state index is -2.39. The molecule has 0 nitrogen and oxygen atoms in total. The van der Waals surface area contributed by atoms with Crippen LogP contribution in [0.1, 0.15) is 5.56 Å². The van der Waals surface area contributed by atoms with Crippen LogP contribution in [-0.4, -0.2) is 16.1 Å². The molecule has 0 radical (unpaired) electrons. The summed E-state index contributed by atoms with van der Waals surface area (Å²) in [7, 11) is -4.79. The van der Waals surface area contributed by atoms with Gasteiger partial charge in [-0.15, -0.1) is 12.1 Å². The summed E-state index contributed by atoms with van der Waals surface area (Å²) >= 11 is 0. The molecule has 182 valence electrons.